The molecule has 0 bridgehead atoms. The van der Waals surface area contributed by atoms with Gasteiger partial charge in [0.25, 0.3) is 0 Å². The predicted octanol–water partition coefficient (Wildman–Crippen LogP) is 5.27. The van der Waals surface area contributed by atoms with Gasteiger partial charge in [-0.15, -0.1) is 0 Å². The van der Waals surface area contributed by atoms with Crippen LogP contribution in [0.4, 0.5) is 0 Å². The van der Waals surface area contributed by atoms with Crippen molar-refractivity contribution in [3.63, 3.8) is 0 Å². The highest BCUT2D eigenvalue weighted by Crippen LogP contribution is 2.24. The summed E-state index contributed by atoms with van der Waals surface area (Å²) < 4.78 is 0. The Morgan fingerprint density at radius 3 is 2.56 bits per heavy atom. The number of hydrogen-bond donors (Lipinski definition) is 1. The van der Waals surface area contributed by atoms with Crippen LogP contribution in [-0.2, 0) is 0 Å². The molecule has 0 fully saturated rings. The summed E-state index contributed by atoms with van der Waals surface area (Å²) in [6.45, 7) is 7.51. The third-order valence-electron chi connectivity index (χ3n) is 3.38. The maximum Gasteiger partial charge on any atom is 0.0435 e. The van der Waals surface area contributed by atoms with Crippen LogP contribution in [-0.4, -0.2) is 6.54 Å². The number of halogens is 1. The van der Waals surface area contributed by atoms with Gasteiger partial charge < -0.3 is 5.32 Å². The van der Waals surface area contributed by atoms with Gasteiger partial charge in [0.2, 0.25) is 0 Å². The molecule has 18 heavy (non-hydrogen) atoms. The summed E-state index contributed by atoms with van der Waals surface area (Å²) in [5.41, 5.74) is 2.54. The molecule has 1 aromatic carbocycles. The summed E-state index contributed by atoms with van der Waals surface area (Å²) in [5.74, 6) is 0. The van der Waals surface area contributed by atoms with Crippen LogP contribution in [0.25, 0.3) is 0 Å². The van der Waals surface area contributed by atoms with Gasteiger partial charge in [0.1, 0.15) is 0 Å². The van der Waals surface area contributed by atoms with E-state index in [9.17, 15) is 0 Å². The Balaban J connectivity index is 2.61. The molecule has 0 spiro atoms. The number of nitrogens with one attached hydrogen (secondary N) is 1. The molecule has 1 rings (SSSR count). The fourth-order valence-corrected chi connectivity index (χ4v) is 2.41. The van der Waals surface area contributed by atoms with E-state index in [2.05, 4.69) is 38.2 Å². The molecule has 1 atom stereocenters. The second-order valence-corrected chi connectivity index (χ2v) is 5.38. The van der Waals surface area contributed by atoms with Gasteiger partial charge in [-0.3, -0.25) is 0 Å². The summed E-state index contributed by atoms with van der Waals surface area (Å²) in [6.07, 6.45) is 6.50. The Morgan fingerprint density at radius 2 is 1.94 bits per heavy atom. The van der Waals surface area contributed by atoms with Gasteiger partial charge in [-0.1, -0.05) is 63.3 Å². The van der Waals surface area contributed by atoms with Crippen molar-refractivity contribution in [3.8, 4) is 0 Å². The quantitative estimate of drug-likeness (QED) is 0.633. The van der Waals surface area contributed by atoms with Gasteiger partial charge in [0.05, 0.1) is 0 Å². The van der Waals surface area contributed by atoms with Crippen LogP contribution in [0.3, 0.4) is 0 Å². The number of unbranched alkanes of at least 4 members (excludes halogenated alkanes) is 3. The first-order valence-electron chi connectivity index (χ1n) is 7.18. The molecule has 0 radical (unpaired) electrons. The zero-order valence-corrected chi connectivity index (χ0v) is 12.7. The van der Waals surface area contributed by atoms with E-state index in [-0.39, 0.29) is 0 Å². The summed E-state index contributed by atoms with van der Waals surface area (Å²) in [4.78, 5) is 0. The lowest BCUT2D eigenvalue weighted by atomic mass is 9.98. The third kappa shape index (κ3) is 4.99. The topological polar surface area (TPSA) is 12.0 Å². The maximum absolute atomic E-state index is 6.09. The van der Waals surface area contributed by atoms with E-state index in [1.165, 1.54) is 43.2 Å². The van der Waals surface area contributed by atoms with Crippen molar-refractivity contribution in [3.05, 3.63) is 34.3 Å². The Hall–Kier alpha value is -0.530. The van der Waals surface area contributed by atoms with Crippen LogP contribution in [0.1, 0.15) is 63.1 Å². The molecule has 0 saturated carbocycles. The molecule has 0 aliphatic heterocycles. The van der Waals surface area contributed by atoms with Crippen molar-refractivity contribution >= 4 is 11.6 Å². The standard InChI is InChI=1S/C16H26ClN/c1-4-6-7-8-9-16(18-5-2)14-10-11-15(17)13(3)12-14/h10-12,16,18H,4-9H2,1-3H3. The van der Waals surface area contributed by atoms with Gasteiger partial charge in [-0.05, 0) is 37.1 Å². The first-order valence-corrected chi connectivity index (χ1v) is 7.56. The van der Waals surface area contributed by atoms with E-state index >= 15 is 0 Å². The van der Waals surface area contributed by atoms with Gasteiger partial charge in [-0.25, -0.2) is 0 Å². The zero-order chi connectivity index (χ0) is 13.4. The molecule has 0 aliphatic rings. The van der Waals surface area contributed by atoms with Crippen LogP contribution in [0.2, 0.25) is 5.02 Å². The average molecular weight is 268 g/mol. The molecular formula is C16H26ClN. The van der Waals surface area contributed by atoms with E-state index in [0.29, 0.717) is 6.04 Å². The van der Waals surface area contributed by atoms with Crippen molar-refractivity contribution < 1.29 is 0 Å². The Kier molecular flexibility index (Phi) is 7.38. The largest absolute Gasteiger partial charge is 0.310 e. The molecule has 1 unspecified atom stereocenters. The minimum absolute atomic E-state index is 0.475. The SMILES string of the molecule is CCCCCCC(NCC)c1ccc(Cl)c(C)c1. The van der Waals surface area contributed by atoms with E-state index in [1.807, 2.05) is 6.07 Å². The lowest BCUT2D eigenvalue weighted by Gasteiger charge is -2.19. The van der Waals surface area contributed by atoms with Crippen molar-refractivity contribution in [2.45, 2.75) is 58.9 Å². The summed E-state index contributed by atoms with van der Waals surface area (Å²) >= 11 is 6.09. The Bertz CT molecular complexity index is 349. The molecule has 102 valence electrons. The minimum atomic E-state index is 0.475. The summed E-state index contributed by atoms with van der Waals surface area (Å²) in [6, 6.07) is 6.86. The fraction of sp³-hybridized carbons (Fsp3) is 0.625. The third-order valence-corrected chi connectivity index (χ3v) is 3.81. The van der Waals surface area contributed by atoms with Crippen LogP contribution in [0.15, 0.2) is 18.2 Å². The molecule has 0 aromatic heterocycles. The van der Waals surface area contributed by atoms with Crippen molar-refractivity contribution in [1.82, 2.24) is 5.32 Å². The van der Waals surface area contributed by atoms with E-state index < -0.39 is 0 Å². The van der Waals surface area contributed by atoms with E-state index in [1.54, 1.807) is 0 Å². The lowest BCUT2D eigenvalue weighted by molar-refractivity contribution is 0.481. The first kappa shape index (κ1) is 15.5. The molecule has 0 aliphatic carbocycles. The molecule has 1 N–H and O–H groups in total. The molecular weight excluding hydrogens is 242 g/mol. The van der Waals surface area contributed by atoms with Crippen LogP contribution < -0.4 is 5.32 Å². The monoisotopic (exact) mass is 267 g/mol. The maximum atomic E-state index is 6.09. The highest BCUT2D eigenvalue weighted by atomic mass is 35.5. The van der Waals surface area contributed by atoms with Crippen molar-refractivity contribution in [1.29, 1.82) is 0 Å². The number of hydrogen-bond acceptors (Lipinski definition) is 1. The molecule has 0 saturated heterocycles. The zero-order valence-electron chi connectivity index (χ0n) is 11.9. The normalized spacial score (nSPS) is 12.7. The Labute approximate surface area is 117 Å². The number of rotatable bonds is 8. The Morgan fingerprint density at radius 1 is 1.17 bits per heavy atom. The van der Waals surface area contributed by atoms with Crippen molar-refractivity contribution in [2.24, 2.45) is 0 Å². The van der Waals surface area contributed by atoms with Gasteiger partial charge in [0, 0.05) is 11.1 Å². The highest BCUT2D eigenvalue weighted by molar-refractivity contribution is 6.31. The van der Waals surface area contributed by atoms with Crippen LogP contribution in [0, 0.1) is 6.92 Å². The molecule has 0 amide bonds. The summed E-state index contributed by atoms with van der Waals surface area (Å²) in [7, 11) is 0. The van der Waals surface area contributed by atoms with Crippen molar-refractivity contribution in [2.75, 3.05) is 6.54 Å². The van der Waals surface area contributed by atoms with Gasteiger partial charge in [0.15, 0.2) is 0 Å². The second-order valence-electron chi connectivity index (χ2n) is 4.97. The van der Waals surface area contributed by atoms with Crippen LogP contribution >= 0.6 is 11.6 Å². The minimum Gasteiger partial charge on any atom is -0.310 e. The van der Waals surface area contributed by atoms with Crippen LogP contribution in [0.5, 0.6) is 0 Å². The number of aryl methyl sites for hydroxylation is 1. The first-order chi connectivity index (χ1) is 8.69. The van der Waals surface area contributed by atoms with E-state index in [0.717, 1.165) is 11.6 Å². The lowest BCUT2D eigenvalue weighted by Crippen LogP contribution is -2.20. The van der Waals surface area contributed by atoms with E-state index in [4.69, 9.17) is 11.6 Å². The van der Waals surface area contributed by atoms with Gasteiger partial charge in [-0.2, -0.15) is 0 Å². The predicted molar refractivity (Wildman–Crippen MR) is 81.4 cm³/mol. The fourth-order valence-electron chi connectivity index (χ4n) is 2.29. The molecule has 2 heteroatoms. The highest BCUT2D eigenvalue weighted by Gasteiger charge is 2.10. The second kappa shape index (κ2) is 8.55. The summed E-state index contributed by atoms with van der Waals surface area (Å²) in [5, 5.41) is 4.44. The smallest absolute Gasteiger partial charge is 0.0435 e. The average Bonchev–Trinajstić information content (AvgIpc) is 2.37. The molecule has 0 heterocycles. The number of benzene rings is 1. The molecule has 1 aromatic rings. The van der Waals surface area contributed by atoms with Gasteiger partial charge >= 0.3 is 0 Å². The molecule has 1 nitrogen and oxygen atoms in total.